The Kier molecular flexibility index (Phi) is 6.06. The van der Waals surface area contributed by atoms with Gasteiger partial charge in [0.2, 0.25) is 0 Å². The van der Waals surface area contributed by atoms with Gasteiger partial charge in [-0.2, -0.15) is 0 Å². The van der Waals surface area contributed by atoms with Gasteiger partial charge in [-0.05, 0) is 43.2 Å². The van der Waals surface area contributed by atoms with Crippen LogP contribution in [0.2, 0.25) is 0 Å². The summed E-state index contributed by atoms with van der Waals surface area (Å²) >= 11 is 1.42. The molecular formula is C19H19F4NOS. The highest BCUT2D eigenvalue weighted by Crippen LogP contribution is 2.35. The molecule has 0 aliphatic heterocycles. The lowest BCUT2D eigenvalue weighted by Gasteiger charge is -2.21. The van der Waals surface area contributed by atoms with Gasteiger partial charge in [0, 0.05) is 21.4 Å². The van der Waals surface area contributed by atoms with Crippen molar-refractivity contribution in [3.05, 3.63) is 53.3 Å². The molecule has 1 amide bonds. The van der Waals surface area contributed by atoms with E-state index in [9.17, 15) is 22.4 Å². The molecule has 1 N–H and O–H groups in total. The second-order valence-electron chi connectivity index (χ2n) is 6.47. The van der Waals surface area contributed by atoms with E-state index >= 15 is 0 Å². The van der Waals surface area contributed by atoms with E-state index in [2.05, 4.69) is 5.32 Å². The van der Waals surface area contributed by atoms with Crippen molar-refractivity contribution in [2.24, 2.45) is 0 Å². The molecule has 1 aromatic rings. The Morgan fingerprint density at radius 1 is 1.12 bits per heavy atom. The number of thioether (sulfide) groups is 1. The Morgan fingerprint density at radius 3 is 2.54 bits per heavy atom. The number of nitrogens with one attached hydrogen (secondary N) is 1. The predicted molar refractivity (Wildman–Crippen MR) is 93.7 cm³/mol. The van der Waals surface area contributed by atoms with Crippen LogP contribution in [0.3, 0.4) is 0 Å². The molecule has 1 saturated carbocycles. The monoisotopic (exact) mass is 385 g/mol. The number of carbonyl (C=O) groups excluding carboxylic acids is 1. The smallest absolute Gasteiger partial charge is 0.255 e. The van der Waals surface area contributed by atoms with Crippen molar-refractivity contribution >= 4 is 17.7 Å². The maximum atomic E-state index is 14.1. The Balaban J connectivity index is 1.71. The number of benzene rings is 1. The van der Waals surface area contributed by atoms with Gasteiger partial charge in [0.1, 0.15) is 11.6 Å². The lowest BCUT2D eigenvalue weighted by atomic mass is 10.0. The van der Waals surface area contributed by atoms with Crippen LogP contribution in [0.5, 0.6) is 0 Å². The van der Waals surface area contributed by atoms with E-state index in [-0.39, 0.29) is 11.3 Å². The van der Waals surface area contributed by atoms with Crippen LogP contribution in [0, 0.1) is 5.82 Å². The molecule has 0 saturated heterocycles. The summed E-state index contributed by atoms with van der Waals surface area (Å²) in [5.41, 5.74) is 0.0249. The fraction of sp³-hybridized carbons (Fsp3) is 0.421. The average Bonchev–Trinajstić information content (AvgIpc) is 2.62. The third kappa shape index (κ3) is 4.50. The normalized spacial score (nSPS) is 24.0. The quantitative estimate of drug-likeness (QED) is 0.703. The molecule has 2 aliphatic carbocycles. The zero-order valence-corrected chi connectivity index (χ0v) is 14.8. The first-order chi connectivity index (χ1) is 12.4. The molecule has 26 heavy (non-hydrogen) atoms. The molecule has 0 bridgehead atoms. The molecule has 140 valence electrons. The van der Waals surface area contributed by atoms with Crippen LogP contribution in [0.15, 0.2) is 46.8 Å². The largest absolute Gasteiger partial charge is 0.322 e. The lowest BCUT2D eigenvalue weighted by molar-refractivity contribution is 0.0965. The van der Waals surface area contributed by atoms with Crippen LogP contribution >= 0.6 is 11.8 Å². The van der Waals surface area contributed by atoms with Crippen molar-refractivity contribution in [2.45, 2.75) is 54.6 Å². The van der Waals surface area contributed by atoms with Crippen LogP contribution in [0.4, 0.5) is 17.6 Å². The summed E-state index contributed by atoms with van der Waals surface area (Å²) in [5.74, 6) is -2.30. The number of allylic oxidation sites excluding steroid dienone is 3. The fourth-order valence-corrected chi connectivity index (χ4v) is 4.37. The topological polar surface area (TPSA) is 29.1 Å². The molecule has 1 aromatic carbocycles. The number of rotatable bonds is 4. The Bertz CT molecular complexity index is 743. The fourth-order valence-electron chi connectivity index (χ4n) is 3.06. The highest BCUT2D eigenvalue weighted by Gasteiger charge is 2.28. The molecule has 3 rings (SSSR count). The summed E-state index contributed by atoms with van der Waals surface area (Å²) in [6.07, 6.45) is 2.51. The van der Waals surface area contributed by atoms with Crippen LogP contribution in [-0.2, 0) is 0 Å². The zero-order chi connectivity index (χ0) is 18.7. The Morgan fingerprint density at radius 2 is 1.85 bits per heavy atom. The molecule has 2 unspecified atom stereocenters. The van der Waals surface area contributed by atoms with Gasteiger partial charge in [0.15, 0.2) is 12.3 Å². The minimum atomic E-state index is -2.35. The number of hydrogen-bond acceptors (Lipinski definition) is 2. The van der Waals surface area contributed by atoms with Gasteiger partial charge in [-0.1, -0.05) is 19.3 Å². The second kappa shape index (κ2) is 8.29. The van der Waals surface area contributed by atoms with Gasteiger partial charge in [0.05, 0.1) is 0 Å². The van der Waals surface area contributed by atoms with Crippen molar-refractivity contribution in [2.75, 3.05) is 0 Å². The van der Waals surface area contributed by atoms with E-state index in [1.54, 1.807) is 0 Å². The van der Waals surface area contributed by atoms with Gasteiger partial charge in [-0.25, -0.2) is 17.6 Å². The maximum Gasteiger partial charge on any atom is 0.255 e. The number of carbonyl (C=O) groups is 1. The number of hydrogen-bond donors (Lipinski definition) is 1. The number of amides is 1. The first kappa shape index (κ1) is 19.0. The summed E-state index contributed by atoms with van der Waals surface area (Å²) < 4.78 is 53.9. The van der Waals surface area contributed by atoms with E-state index in [0.29, 0.717) is 10.1 Å². The first-order valence-corrected chi connectivity index (χ1v) is 9.46. The SMILES string of the molecule is O=C(NC1=CC(F)C(F)C(F)=C1)c1ccc(F)c(SC2CCCCC2)c1. The number of halogens is 4. The lowest BCUT2D eigenvalue weighted by Crippen LogP contribution is -2.28. The van der Waals surface area contributed by atoms with E-state index in [4.69, 9.17) is 0 Å². The van der Waals surface area contributed by atoms with Crippen LogP contribution in [0.1, 0.15) is 42.5 Å². The predicted octanol–water partition coefficient (Wildman–Crippen LogP) is 5.41. The molecule has 7 heteroatoms. The van der Waals surface area contributed by atoms with Gasteiger partial charge in [-0.3, -0.25) is 4.79 Å². The highest BCUT2D eigenvalue weighted by atomic mass is 32.2. The minimum Gasteiger partial charge on any atom is -0.322 e. The third-order valence-corrected chi connectivity index (χ3v) is 5.84. The standard InChI is InChI=1S/C19H19F4NOS/c20-14-7-6-11(8-17(14)26-13-4-2-1-3-5-13)19(25)24-12-9-15(21)18(23)16(22)10-12/h6-10,13,15,18H,1-5H2,(H,24,25). The number of alkyl halides is 2. The molecule has 2 aliphatic rings. The van der Waals surface area contributed by atoms with Gasteiger partial charge in [-0.15, -0.1) is 11.8 Å². The van der Waals surface area contributed by atoms with Crippen molar-refractivity contribution < 1.29 is 22.4 Å². The summed E-state index contributed by atoms with van der Waals surface area (Å²) in [5, 5.41) is 2.66. The van der Waals surface area contributed by atoms with E-state index < -0.39 is 29.9 Å². The molecule has 0 radical (unpaired) electrons. The molecular weight excluding hydrogens is 366 g/mol. The van der Waals surface area contributed by atoms with Crippen molar-refractivity contribution in [1.29, 1.82) is 0 Å². The zero-order valence-electron chi connectivity index (χ0n) is 14.0. The third-order valence-electron chi connectivity index (χ3n) is 4.47. The van der Waals surface area contributed by atoms with E-state index in [0.717, 1.165) is 37.8 Å². The van der Waals surface area contributed by atoms with E-state index in [1.807, 2.05) is 0 Å². The molecule has 0 aromatic heterocycles. The van der Waals surface area contributed by atoms with Gasteiger partial charge < -0.3 is 5.32 Å². The molecule has 1 fully saturated rings. The van der Waals surface area contributed by atoms with Crippen LogP contribution in [-0.4, -0.2) is 23.5 Å². The molecule has 2 atom stereocenters. The van der Waals surface area contributed by atoms with Crippen molar-refractivity contribution in [3.63, 3.8) is 0 Å². The highest BCUT2D eigenvalue weighted by molar-refractivity contribution is 8.00. The van der Waals surface area contributed by atoms with Gasteiger partial charge >= 0.3 is 0 Å². The molecule has 0 spiro atoms. The summed E-state index contributed by atoms with van der Waals surface area (Å²) in [6, 6.07) is 3.96. The Labute approximate surface area is 153 Å². The molecule has 2 nitrogen and oxygen atoms in total. The summed E-state index contributed by atoms with van der Waals surface area (Å²) in [4.78, 5) is 12.7. The van der Waals surface area contributed by atoms with E-state index in [1.165, 1.54) is 36.4 Å². The first-order valence-electron chi connectivity index (χ1n) is 8.58. The average molecular weight is 385 g/mol. The Hall–Kier alpha value is -1.76. The van der Waals surface area contributed by atoms with Crippen LogP contribution in [0.25, 0.3) is 0 Å². The second-order valence-corrected chi connectivity index (χ2v) is 7.82. The van der Waals surface area contributed by atoms with Crippen molar-refractivity contribution in [3.8, 4) is 0 Å². The summed E-state index contributed by atoms with van der Waals surface area (Å²) in [7, 11) is 0. The van der Waals surface area contributed by atoms with Crippen molar-refractivity contribution in [1.82, 2.24) is 5.32 Å². The minimum absolute atomic E-state index is 0.153. The maximum absolute atomic E-state index is 14.1. The van der Waals surface area contributed by atoms with Gasteiger partial charge in [0.25, 0.3) is 5.91 Å². The van der Waals surface area contributed by atoms with Crippen LogP contribution < -0.4 is 5.32 Å². The molecule has 0 heterocycles. The summed E-state index contributed by atoms with van der Waals surface area (Å²) in [6.45, 7) is 0.